The Morgan fingerprint density at radius 2 is 2.08 bits per heavy atom. The average Bonchev–Trinajstić information content (AvgIpc) is 3.12. The highest BCUT2D eigenvalue weighted by Crippen LogP contribution is 2.49. The summed E-state index contributed by atoms with van der Waals surface area (Å²) in [6, 6.07) is 5.88. The molecule has 3 heterocycles. The summed E-state index contributed by atoms with van der Waals surface area (Å²) in [5, 5.41) is 10.7. The molecule has 1 fully saturated rings. The van der Waals surface area contributed by atoms with Gasteiger partial charge in [-0.3, -0.25) is 5.21 Å². The fourth-order valence-corrected chi connectivity index (χ4v) is 4.51. The molecule has 0 aliphatic carbocycles. The average molecular weight is 348 g/mol. The van der Waals surface area contributed by atoms with Crippen LogP contribution in [0.5, 0.6) is 0 Å². The van der Waals surface area contributed by atoms with Crippen molar-refractivity contribution in [3.05, 3.63) is 46.6 Å². The van der Waals surface area contributed by atoms with Gasteiger partial charge in [-0.15, -0.1) is 11.3 Å². The molecule has 1 saturated heterocycles. The maximum absolute atomic E-state index is 13.1. The van der Waals surface area contributed by atoms with E-state index in [1.165, 1.54) is 35.5 Å². The van der Waals surface area contributed by atoms with Gasteiger partial charge in [0.1, 0.15) is 11.9 Å². The Kier molecular flexibility index (Phi) is 3.33. The van der Waals surface area contributed by atoms with Gasteiger partial charge in [-0.1, -0.05) is 12.1 Å². The zero-order chi connectivity index (χ0) is 17.0. The second kappa shape index (κ2) is 5.29. The minimum atomic E-state index is -0.870. The molecule has 2 amide bonds. The van der Waals surface area contributed by atoms with Crippen molar-refractivity contribution in [3.63, 3.8) is 0 Å². The van der Waals surface area contributed by atoms with Gasteiger partial charge >= 0.3 is 12.0 Å². The molecule has 2 aliphatic heterocycles. The molecule has 2 bridgehead atoms. The summed E-state index contributed by atoms with van der Waals surface area (Å²) < 4.78 is 18.0. The monoisotopic (exact) mass is 348 g/mol. The molecule has 1 aromatic heterocycles. The van der Waals surface area contributed by atoms with Crippen LogP contribution in [0.2, 0.25) is 0 Å². The smallest absolute Gasteiger partial charge is 0.345 e. The Morgan fingerprint density at radius 1 is 1.38 bits per heavy atom. The highest BCUT2D eigenvalue weighted by Gasteiger charge is 2.51. The number of carbonyl (C=O) groups excluding carboxylic acids is 2. The third-order valence-electron chi connectivity index (χ3n) is 4.37. The van der Waals surface area contributed by atoms with Gasteiger partial charge in [0.15, 0.2) is 6.04 Å². The number of fused-ring (bicyclic) bond motifs is 4. The Morgan fingerprint density at radius 3 is 2.75 bits per heavy atom. The molecule has 2 aromatic rings. The lowest BCUT2D eigenvalue weighted by Crippen LogP contribution is -2.38. The number of amides is 2. The number of thiophene rings is 1. The fourth-order valence-electron chi connectivity index (χ4n) is 3.19. The number of halogens is 1. The lowest BCUT2D eigenvalue weighted by molar-refractivity contribution is -0.146. The number of rotatable bonds is 2. The predicted octanol–water partition coefficient (Wildman–Crippen LogP) is 2.95. The van der Waals surface area contributed by atoms with Crippen LogP contribution in [0, 0.1) is 5.82 Å². The number of esters is 1. The van der Waals surface area contributed by atoms with Crippen LogP contribution in [0.3, 0.4) is 0 Å². The number of hydrogen-bond donors (Lipinski definition) is 1. The summed E-state index contributed by atoms with van der Waals surface area (Å²) >= 11 is 1.34. The molecule has 124 valence electrons. The molecule has 24 heavy (non-hydrogen) atoms. The van der Waals surface area contributed by atoms with E-state index in [-0.39, 0.29) is 12.4 Å². The van der Waals surface area contributed by atoms with Crippen molar-refractivity contribution in [1.29, 1.82) is 0 Å². The van der Waals surface area contributed by atoms with Crippen molar-refractivity contribution < 1.29 is 23.9 Å². The minimum Gasteiger partial charge on any atom is -0.467 e. The van der Waals surface area contributed by atoms with E-state index in [1.807, 2.05) is 6.07 Å². The highest BCUT2D eigenvalue weighted by atomic mass is 32.1. The molecule has 8 heteroatoms. The summed E-state index contributed by atoms with van der Waals surface area (Å²) in [5.74, 6) is -0.879. The summed E-state index contributed by atoms with van der Waals surface area (Å²) in [6.45, 7) is 0.224. The molecule has 6 nitrogen and oxygen atoms in total. The summed E-state index contributed by atoms with van der Waals surface area (Å²) in [6.07, 6.45) is 0. The molecule has 2 aliphatic rings. The van der Waals surface area contributed by atoms with Gasteiger partial charge in [-0.05, 0) is 29.3 Å². The Labute approximate surface area is 140 Å². The minimum absolute atomic E-state index is 0.224. The van der Waals surface area contributed by atoms with Gasteiger partial charge in [0.05, 0.1) is 13.7 Å². The molecular weight excluding hydrogens is 335 g/mol. The van der Waals surface area contributed by atoms with Crippen LogP contribution in [-0.2, 0) is 9.53 Å². The molecule has 1 aromatic carbocycles. The molecule has 2 atom stereocenters. The normalized spacial score (nSPS) is 21.9. The number of methoxy groups -OCH3 is 1. The maximum atomic E-state index is 13.1. The highest BCUT2D eigenvalue weighted by molar-refractivity contribution is 7.15. The van der Waals surface area contributed by atoms with Crippen LogP contribution >= 0.6 is 11.3 Å². The van der Waals surface area contributed by atoms with Crippen LogP contribution in [0.4, 0.5) is 9.18 Å². The van der Waals surface area contributed by atoms with Crippen LogP contribution in [0.15, 0.2) is 30.3 Å². The van der Waals surface area contributed by atoms with E-state index in [4.69, 9.17) is 4.74 Å². The van der Waals surface area contributed by atoms with Crippen LogP contribution in [-0.4, -0.2) is 40.8 Å². The van der Waals surface area contributed by atoms with E-state index >= 15 is 0 Å². The third-order valence-corrected chi connectivity index (χ3v) is 5.62. The zero-order valence-corrected chi connectivity index (χ0v) is 13.4. The van der Waals surface area contributed by atoms with E-state index in [0.717, 1.165) is 16.0 Å². The predicted molar refractivity (Wildman–Crippen MR) is 82.9 cm³/mol. The number of hydrogen-bond acceptors (Lipinski definition) is 5. The first kappa shape index (κ1) is 15.1. The Hall–Kier alpha value is -2.45. The third kappa shape index (κ3) is 2.03. The maximum Gasteiger partial charge on any atom is 0.345 e. The SMILES string of the molecule is COC(=O)C1c2sc(-c3ccc(F)cc3)cc2[C@H]2CN1C(=O)N2O. The molecule has 0 spiro atoms. The number of benzene rings is 1. The molecule has 1 N–H and O–H groups in total. The molecular formula is C16H13FN2O4S. The van der Waals surface area contributed by atoms with E-state index in [9.17, 15) is 19.2 Å². The lowest BCUT2D eigenvalue weighted by Gasteiger charge is -2.28. The number of hydroxylamine groups is 2. The second-order valence-electron chi connectivity index (χ2n) is 5.66. The van der Waals surface area contributed by atoms with E-state index < -0.39 is 24.1 Å². The number of ether oxygens (including phenoxy) is 1. The van der Waals surface area contributed by atoms with Gasteiger partial charge in [-0.2, -0.15) is 5.06 Å². The quantitative estimate of drug-likeness (QED) is 0.669. The second-order valence-corrected chi connectivity index (χ2v) is 6.74. The van der Waals surface area contributed by atoms with Crippen molar-refractivity contribution in [3.8, 4) is 10.4 Å². The van der Waals surface area contributed by atoms with Gasteiger partial charge in [0.2, 0.25) is 0 Å². The summed E-state index contributed by atoms with van der Waals surface area (Å²) in [5.41, 5.74) is 1.53. The van der Waals surface area contributed by atoms with Gasteiger partial charge in [0, 0.05) is 9.75 Å². The van der Waals surface area contributed by atoms with Gasteiger partial charge < -0.3 is 9.64 Å². The Balaban J connectivity index is 1.84. The first-order valence-electron chi connectivity index (χ1n) is 7.27. The van der Waals surface area contributed by atoms with Crippen LogP contribution in [0.25, 0.3) is 10.4 Å². The molecule has 1 unspecified atom stereocenters. The van der Waals surface area contributed by atoms with E-state index in [1.54, 1.807) is 12.1 Å². The fraction of sp³-hybridized carbons (Fsp3) is 0.250. The standard InChI is InChI=1S/C16H13FN2O4S/c1-23-15(20)13-14-10(11-7-18(13)16(21)19(11)22)6-12(24-14)8-2-4-9(17)5-3-8/h2-6,11,13,22H,7H2,1H3/t11-,13?/m1/s1. The Bertz CT molecular complexity index is 835. The summed E-state index contributed by atoms with van der Waals surface area (Å²) in [7, 11) is 1.26. The van der Waals surface area contributed by atoms with Crippen molar-refractivity contribution in [2.24, 2.45) is 0 Å². The molecule has 0 radical (unpaired) electrons. The van der Waals surface area contributed by atoms with E-state index in [0.29, 0.717) is 9.94 Å². The van der Waals surface area contributed by atoms with E-state index in [2.05, 4.69) is 0 Å². The van der Waals surface area contributed by atoms with Crippen molar-refractivity contribution in [2.75, 3.05) is 13.7 Å². The largest absolute Gasteiger partial charge is 0.467 e. The van der Waals surface area contributed by atoms with Gasteiger partial charge in [-0.25, -0.2) is 14.0 Å². The van der Waals surface area contributed by atoms with Crippen molar-refractivity contribution in [2.45, 2.75) is 12.1 Å². The van der Waals surface area contributed by atoms with Crippen molar-refractivity contribution >= 4 is 23.3 Å². The van der Waals surface area contributed by atoms with Gasteiger partial charge in [0.25, 0.3) is 0 Å². The molecule has 0 saturated carbocycles. The topological polar surface area (TPSA) is 70.1 Å². The first-order chi connectivity index (χ1) is 11.5. The summed E-state index contributed by atoms with van der Waals surface area (Å²) in [4.78, 5) is 27.1. The molecule has 4 rings (SSSR count). The van der Waals surface area contributed by atoms with Crippen molar-refractivity contribution in [1.82, 2.24) is 9.96 Å². The number of carbonyl (C=O) groups is 2. The first-order valence-corrected chi connectivity index (χ1v) is 8.09. The zero-order valence-electron chi connectivity index (χ0n) is 12.6. The number of nitrogens with zero attached hydrogens (tertiary/aromatic N) is 2. The lowest BCUT2D eigenvalue weighted by atomic mass is 9.98. The number of urea groups is 1. The van der Waals surface area contributed by atoms with Crippen LogP contribution < -0.4 is 0 Å². The van der Waals surface area contributed by atoms with Crippen LogP contribution in [0.1, 0.15) is 22.5 Å².